The van der Waals surface area contributed by atoms with Crippen LogP contribution in [0.4, 0.5) is 10.1 Å². The molecule has 0 atom stereocenters. The molecule has 8 heteroatoms. The number of nitrogens with one attached hydrogen (secondary N) is 1. The lowest BCUT2D eigenvalue weighted by Gasteiger charge is -2.22. The van der Waals surface area contributed by atoms with Crippen LogP contribution in [0.25, 0.3) is 11.1 Å². The van der Waals surface area contributed by atoms with E-state index in [0.29, 0.717) is 45.2 Å². The molecule has 0 unspecified atom stereocenters. The summed E-state index contributed by atoms with van der Waals surface area (Å²) in [6.45, 7) is 6.80. The van der Waals surface area contributed by atoms with Gasteiger partial charge in [0, 0.05) is 36.5 Å². The Balaban J connectivity index is 1.93. The molecule has 2 aromatic carbocycles. The summed E-state index contributed by atoms with van der Waals surface area (Å²) in [5.74, 6) is 0.232. The SMILES string of the molecule is C=CC(=O)Nc1ccc(Oc2c(C)cc(F)cc2C)c(-c2cn(C)c(=O)c3c2OCC(=O)C3)c1. The van der Waals surface area contributed by atoms with Crippen LogP contribution in [0.15, 0.2) is 54.0 Å². The number of benzene rings is 2. The number of hydrogen-bond acceptors (Lipinski definition) is 5. The molecule has 7 nitrogen and oxygen atoms in total. The van der Waals surface area contributed by atoms with Crippen molar-refractivity contribution in [2.24, 2.45) is 7.05 Å². The molecule has 0 bridgehead atoms. The van der Waals surface area contributed by atoms with Crippen LogP contribution < -0.4 is 20.3 Å². The van der Waals surface area contributed by atoms with Gasteiger partial charge in [0.15, 0.2) is 5.78 Å². The predicted molar refractivity (Wildman–Crippen MR) is 126 cm³/mol. The lowest BCUT2D eigenvalue weighted by Crippen LogP contribution is -2.30. The van der Waals surface area contributed by atoms with Crippen molar-refractivity contribution in [3.8, 4) is 28.4 Å². The first-order valence-electron chi connectivity index (χ1n) is 10.6. The van der Waals surface area contributed by atoms with Crippen molar-refractivity contribution in [1.29, 1.82) is 0 Å². The number of Topliss-reactive ketones (excluding diaryl/α,β-unsaturated/α-hetero) is 1. The van der Waals surface area contributed by atoms with Crippen molar-refractivity contribution < 1.29 is 23.5 Å². The molecule has 1 amide bonds. The Morgan fingerprint density at radius 3 is 2.56 bits per heavy atom. The fourth-order valence-electron chi connectivity index (χ4n) is 3.97. The van der Waals surface area contributed by atoms with E-state index in [-0.39, 0.29) is 35.8 Å². The van der Waals surface area contributed by atoms with Crippen LogP contribution in [-0.4, -0.2) is 22.9 Å². The lowest BCUT2D eigenvalue weighted by atomic mass is 9.98. The number of anilines is 1. The van der Waals surface area contributed by atoms with Crippen LogP contribution in [0.1, 0.15) is 16.7 Å². The average Bonchev–Trinajstić information content (AvgIpc) is 2.79. The Hall–Kier alpha value is -4.20. The van der Waals surface area contributed by atoms with Crippen LogP contribution in [0.3, 0.4) is 0 Å². The Morgan fingerprint density at radius 1 is 1.18 bits per heavy atom. The van der Waals surface area contributed by atoms with Crippen LogP contribution in [0.5, 0.6) is 17.2 Å². The fraction of sp³-hybridized carbons (Fsp3) is 0.192. The Kier molecular flexibility index (Phi) is 6.06. The molecule has 1 aliphatic rings. The number of ether oxygens (including phenoxy) is 2. The maximum Gasteiger partial charge on any atom is 0.257 e. The van der Waals surface area contributed by atoms with Gasteiger partial charge in [-0.2, -0.15) is 0 Å². The van der Waals surface area contributed by atoms with Crippen LogP contribution in [0, 0.1) is 19.7 Å². The minimum atomic E-state index is -0.394. The second kappa shape index (κ2) is 8.97. The van der Waals surface area contributed by atoms with E-state index in [2.05, 4.69) is 11.9 Å². The standard InChI is InChI=1S/C26H23FN2O5/c1-5-23(31)28-17-6-7-22(34-24-14(2)8-16(27)9-15(24)3)19(10-17)21-12-29(4)26(32)20-11-18(30)13-33-25(20)21/h5-10,12H,1,11,13H2,2-4H3,(H,28,31). The quantitative estimate of drug-likeness (QED) is 0.574. The summed E-state index contributed by atoms with van der Waals surface area (Å²) in [6, 6.07) is 7.77. The fourth-order valence-corrected chi connectivity index (χ4v) is 3.97. The van der Waals surface area contributed by atoms with Crippen molar-refractivity contribution in [2.75, 3.05) is 11.9 Å². The molecule has 174 valence electrons. The topological polar surface area (TPSA) is 86.6 Å². The van der Waals surface area contributed by atoms with E-state index >= 15 is 0 Å². The minimum absolute atomic E-state index is 0.0326. The number of fused-ring (bicyclic) bond motifs is 1. The van der Waals surface area contributed by atoms with E-state index in [1.807, 2.05) is 0 Å². The van der Waals surface area contributed by atoms with Gasteiger partial charge in [0.2, 0.25) is 5.91 Å². The molecule has 0 spiro atoms. The van der Waals surface area contributed by atoms with Gasteiger partial charge in [-0.3, -0.25) is 14.4 Å². The monoisotopic (exact) mass is 462 g/mol. The molecule has 1 aliphatic heterocycles. The average molecular weight is 462 g/mol. The zero-order valence-electron chi connectivity index (χ0n) is 19.0. The first-order chi connectivity index (χ1) is 16.2. The third-order valence-corrected chi connectivity index (χ3v) is 5.53. The van der Waals surface area contributed by atoms with Crippen LogP contribution in [-0.2, 0) is 23.1 Å². The van der Waals surface area contributed by atoms with E-state index < -0.39 is 5.91 Å². The number of halogens is 1. The second-order valence-corrected chi connectivity index (χ2v) is 8.15. The summed E-state index contributed by atoms with van der Waals surface area (Å²) >= 11 is 0. The number of nitrogens with zero attached hydrogens (tertiary/aromatic N) is 1. The molecule has 34 heavy (non-hydrogen) atoms. The molecular weight excluding hydrogens is 439 g/mol. The summed E-state index contributed by atoms with van der Waals surface area (Å²) in [6.07, 6.45) is 2.72. The highest BCUT2D eigenvalue weighted by Gasteiger charge is 2.26. The zero-order chi connectivity index (χ0) is 24.6. The van der Waals surface area contributed by atoms with Crippen LogP contribution in [0.2, 0.25) is 0 Å². The van der Waals surface area contributed by atoms with Crippen molar-refractivity contribution in [1.82, 2.24) is 4.57 Å². The van der Waals surface area contributed by atoms with E-state index in [4.69, 9.17) is 9.47 Å². The third kappa shape index (κ3) is 4.34. The van der Waals surface area contributed by atoms with Gasteiger partial charge in [-0.25, -0.2) is 4.39 Å². The lowest BCUT2D eigenvalue weighted by molar-refractivity contribution is -0.121. The number of hydrogen-bond donors (Lipinski definition) is 1. The van der Waals surface area contributed by atoms with Gasteiger partial charge in [0.1, 0.15) is 29.7 Å². The van der Waals surface area contributed by atoms with Gasteiger partial charge >= 0.3 is 0 Å². The summed E-state index contributed by atoms with van der Waals surface area (Å²) in [7, 11) is 1.59. The summed E-state index contributed by atoms with van der Waals surface area (Å²) in [5, 5.41) is 2.71. The molecule has 0 saturated heterocycles. The van der Waals surface area contributed by atoms with E-state index in [0.717, 1.165) is 6.08 Å². The summed E-state index contributed by atoms with van der Waals surface area (Å²) in [5.41, 5.74) is 2.66. The molecule has 4 rings (SSSR count). The number of amides is 1. The van der Waals surface area contributed by atoms with Gasteiger partial charge < -0.3 is 19.4 Å². The Morgan fingerprint density at radius 2 is 1.88 bits per heavy atom. The van der Waals surface area contributed by atoms with E-state index in [1.165, 1.54) is 16.7 Å². The zero-order valence-corrected chi connectivity index (χ0v) is 19.0. The number of aryl methyl sites for hydroxylation is 3. The van der Waals surface area contributed by atoms with E-state index in [9.17, 15) is 18.8 Å². The Labute approximate surface area is 195 Å². The molecular formula is C26H23FN2O5. The van der Waals surface area contributed by atoms with Gasteiger partial charge in [0.05, 0.1) is 5.56 Å². The Bertz CT molecular complexity index is 1380. The third-order valence-electron chi connectivity index (χ3n) is 5.53. The van der Waals surface area contributed by atoms with Crippen molar-refractivity contribution >= 4 is 17.4 Å². The first-order valence-corrected chi connectivity index (χ1v) is 10.6. The summed E-state index contributed by atoms with van der Waals surface area (Å²) < 4.78 is 27.1. The maximum absolute atomic E-state index is 13.8. The molecule has 1 N–H and O–H groups in total. The molecule has 2 heterocycles. The maximum atomic E-state index is 13.8. The minimum Gasteiger partial charge on any atom is -0.485 e. The number of carbonyl (C=O) groups is 2. The molecule has 1 aromatic heterocycles. The number of ketones is 1. The van der Waals surface area contributed by atoms with E-state index in [1.54, 1.807) is 45.3 Å². The van der Waals surface area contributed by atoms with Gasteiger partial charge in [0.25, 0.3) is 5.56 Å². The highest BCUT2D eigenvalue weighted by Crippen LogP contribution is 2.42. The number of pyridine rings is 1. The summed E-state index contributed by atoms with van der Waals surface area (Å²) in [4.78, 5) is 36.5. The first kappa shape index (κ1) is 23.0. The van der Waals surface area contributed by atoms with Gasteiger partial charge in [-0.1, -0.05) is 6.58 Å². The molecule has 3 aromatic rings. The highest BCUT2D eigenvalue weighted by atomic mass is 19.1. The number of aromatic nitrogens is 1. The highest BCUT2D eigenvalue weighted by molar-refractivity contribution is 5.99. The normalized spacial score (nSPS) is 12.5. The van der Waals surface area contributed by atoms with Crippen LogP contribution >= 0.6 is 0 Å². The second-order valence-electron chi connectivity index (χ2n) is 8.15. The largest absolute Gasteiger partial charge is 0.485 e. The van der Waals surface area contributed by atoms with Gasteiger partial charge in [-0.05, 0) is 61.4 Å². The smallest absolute Gasteiger partial charge is 0.257 e. The molecule has 0 fully saturated rings. The predicted octanol–water partition coefficient (Wildman–Crippen LogP) is 4.23. The van der Waals surface area contributed by atoms with Gasteiger partial charge in [-0.15, -0.1) is 0 Å². The van der Waals surface area contributed by atoms with Crippen molar-refractivity contribution in [3.63, 3.8) is 0 Å². The molecule has 0 aliphatic carbocycles. The number of carbonyl (C=O) groups excluding carboxylic acids is 2. The molecule has 0 saturated carbocycles. The number of rotatable bonds is 5. The van der Waals surface area contributed by atoms with Crippen molar-refractivity contribution in [2.45, 2.75) is 20.3 Å². The molecule has 0 radical (unpaired) electrons. The van der Waals surface area contributed by atoms with Crippen molar-refractivity contribution in [3.05, 3.63) is 82.0 Å².